The molecule has 3 rings (SSSR count). The van der Waals surface area contributed by atoms with E-state index in [1.165, 1.54) is 0 Å². The Morgan fingerprint density at radius 1 is 0.963 bits per heavy atom. The first-order valence-electron chi connectivity index (χ1n) is 9.51. The second-order valence-electron chi connectivity index (χ2n) is 7.70. The van der Waals surface area contributed by atoms with Crippen molar-refractivity contribution >= 4 is 17.7 Å². The molecule has 0 aromatic carbocycles. The Morgan fingerprint density at radius 2 is 1.63 bits per heavy atom. The van der Waals surface area contributed by atoms with E-state index in [0.29, 0.717) is 6.42 Å². The molecule has 0 saturated heterocycles. The van der Waals surface area contributed by atoms with E-state index in [0.717, 1.165) is 5.57 Å². The van der Waals surface area contributed by atoms with E-state index >= 15 is 0 Å². The Morgan fingerprint density at radius 3 is 2.37 bits per heavy atom. The molecule has 0 aromatic heterocycles. The van der Waals surface area contributed by atoms with E-state index in [-0.39, 0.29) is 48.1 Å². The Labute approximate surface area is 159 Å². The molecule has 0 aliphatic heterocycles. The fourth-order valence-corrected chi connectivity index (χ4v) is 4.09. The molecule has 0 spiro atoms. The van der Waals surface area contributed by atoms with Crippen LogP contribution in [0.1, 0.15) is 33.6 Å². The van der Waals surface area contributed by atoms with Gasteiger partial charge >= 0.3 is 11.9 Å². The smallest absolute Gasteiger partial charge is 0.317 e. The summed E-state index contributed by atoms with van der Waals surface area (Å²) in [5.41, 5.74) is 0.987. The quantitative estimate of drug-likeness (QED) is 0.530. The van der Waals surface area contributed by atoms with Gasteiger partial charge in [0.1, 0.15) is 18.3 Å². The van der Waals surface area contributed by atoms with Crippen molar-refractivity contribution in [3.8, 4) is 0 Å². The summed E-state index contributed by atoms with van der Waals surface area (Å²) in [7, 11) is 0. The predicted octanol–water partition coefficient (Wildman–Crippen LogP) is 3.32. The van der Waals surface area contributed by atoms with E-state index < -0.39 is 11.9 Å². The fraction of sp³-hybridized carbons (Fsp3) is 0.500. The largest absolute Gasteiger partial charge is 0.463 e. The van der Waals surface area contributed by atoms with Crippen molar-refractivity contribution in [2.45, 2.75) is 45.8 Å². The van der Waals surface area contributed by atoms with E-state index in [9.17, 15) is 14.4 Å². The molecular formula is C22H26O5. The average Bonchev–Trinajstić information content (AvgIpc) is 2.86. The number of carbonyl (C=O) groups is 3. The number of ether oxygens (including phenoxy) is 2. The van der Waals surface area contributed by atoms with Crippen molar-refractivity contribution in [3.05, 3.63) is 48.1 Å². The molecule has 27 heavy (non-hydrogen) atoms. The highest BCUT2D eigenvalue weighted by Crippen LogP contribution is 2.45. The van der Waals surface area contributed by atoms with Crippen LogP contribution < -0.4 is 0 Å². The van der Waals surface area contributed by atoms with Crippen molar-refractivity contribution in [2.24, 2.45) is 23.7 Å². The number of hydrogen-bond acceptors (Lipinski definition) is 5. The first-order chi connectivity index (χ1) is 12.8. The molecule has 1 fully saturated rings. The predicted molar refractivity (Wildman–Crippen MR) is 100 cm³/mol. The number of ketones is 1. The van der Waals surface area contributed by atoms with Crippen LogP contribution in [0.3, 0.4) is 0 Å². The Bertz CT molecular complexity index is 740. The van der Waals surface area contributed by atoms with E-state index in [1.54, 1.807) is 20.8 Å². The van der Waals surface area contributed by atoms with E-state index in [4.69, 9.17) is 9.47 Å². The Kier molecular flexibility index (Phi) is 5.78. The van der Waals surface area contributed by atoms with Crippen molar-refractivity contribution < 1.29 is 23.9 Å². The second-order valence-corrected chi connectivity index (χ2v) is 7.70. The van der Waals surface area contributed by atoms with Crippen molar-refractivity contribution in [1.82, 2.24) is 0 Å². The van der Waals surface area contributed by atoms with Crippen LogP contribution in [0.15, 0.2) is 48.1 Å². The van der Waals surface area contributed by atoms with Gasteiger partial charge in [0.2, 0.25) is 0 Å². The second kappa shape index (κ2) is 8.07. The molecular weight excluding hydrogens is 344 g/mol. The SMILES string of the molecule is CC(C)OC(=O)CC(=O)OC(C)CC1=CC2C(=O)C3C=CC=CC3C2C=C1. The van der Waals surface area contributed by atoms with Crippen LogP contribution in [0, 0.1) is 23.7 Å². The van der Waals surface area contributed by atoms with Crippen LogP contribution in [0.2, 0.25) is 0 Å². The lowest BCUT2D eigenvalue weighted by Crippen LogP contribution is -2.22. The third-order valence-electron chi connectivity index (χ3n) is 5.13. The highest BCUT2D eigenvalue weighted by atomic mass is 16.6. The van der Waals surface area contributed by atoms with Gasteiger partial charge in [0.15, 0.2) is 0 Å². The molecule has 0 aromatic rings. The van der Waals surface area contributed by atoms with Gasteiger partial charge in [-0.25, -0.2) is 0 Å². The van der Waals surface area contributed by atoms with Crippen LogP contribution in [0.4, 0.5) is 0 Å². The molecule has 0 amide bonds. The standard InChI is InChI=1S/C22H26O5/c1-13(2)26-20(23)12-21(24)27-14(3)10-15-8-9-17-16-6-4-5-7-18(16)22(25)19(17)11-15/h4-9,11,13-14,16-19H,10,12H2,1-3H3. The molecule has 5 unspecified atom stereocenters. The van der Waals surface area contributed by atoms with Crippen LogP contribution in [0.25, 0.3) is 0 Å². The summed E-state index contributed by atoms with van der Waals surface area (Å²) in [6.07, 6.45) is 13.7. The van der Waals surface area contributed by atoms with Gasteiger partial charge in [-0.05, 0) is 38.2 Å². The highest BCUT2D eigenvalue weighted by Gasteiger charge is 2.46. The minimum atomic E-state index is -0.593. The molecule has 3 aliphatic rings. The molecule has 0 heterocycles. The molecule has 0 radical (unpaired) electrons. The summed E-state index contributed by atoms with van der Waals surface area (Å²) in [6.45, 7) is 5.24. The first-order valence-corrected chi connectivity index (χ1v) is 9.51. The van der Waals surface area contributed by atoms with Crippen molar-refractivity contribution in [1.29, 1.82) is 0 Å². The minimum Gasteiger partial charge on any atom is -0.463 e. The molecule has 1 saturated carbocycles. The van der Waals surface area contributed by atoms with Gasteiger partial charge in [-0.2, -0.15) is 0 Å². The van der Waals surface area contributed by atoms with Crippen LogP contribution >= 0.6 is 0 Å². The van der Waals surface area contributed by atoms with Gasteiger partial charge in [0.05, 0.1) is 6.10 Å². The van der Waals surface area contributed by atoms with Gasteiger partial charge in [0.25, 0.3) is 0 Å². The third-order valence-corrected chi connectivity index (χ3v) is 5.13. The molecule has 144 valence electrons. The normalized spacial score (nSPS) is 29.2. The lowest BCUT2D eigenvalue weighted by Gasteiger charge is -2.23. The fourth-order valence-electron chi connectivity index (χ4n) is 4.09. The van der Waals surface area contributed by atoms with Crippen molar-refractivity contribution in [3.63, 3.8) is 0 Å². The van der Waals surface area contributed by atoms with Gasteiger partial charge in [0, 0.05) is 18.3 Å². The molecule has 0 bridgehead atoms. The maximum Gasteiger partial charge on any atom is 0.317 e. The summed E-state index contributed by atoms with van der Waals surface area (Å²) in [5.74, 6) is -0.621. The van der Waals surface area contributed by atoms with Gasteiger partial charge in [-0.1, -0.05) is 42.5 Å². The molecule has 5 nitrogen and oxygen atoms in total. The third kappa shape index (κ3) is 4.46. The van der Waals surface area contributed by atoms with Gasteiger partial charge < -0.3 is 9.47 Å². The summed E-state index contributed by atoms with van der Waals surface area (Å²) in [4.78, 5) is 36.1. The van der Waals surface area contributed by atoms with Gasteiger partial charge in [-0.3, -0.25) is 14.4 Å². The minimum absolute atomic E-state index is 0.0347. The number of Topliss-reactive ketones (excluding diaryl/α,β-unsaturated/α-hetero) is 1. The van der Waals surface area contributed by atoms with Crippen LogP contribution in [-0.4, -0.2) is 29.9 Å². The topological polar surface area (TPSA) is 69.7 Å². The highest BCUT2D eigenvalue weighted by molar-refractivity contribution is 5.91. The summed E-state index contributed by atoms with van der Waals surface area (Å²) in [5, 5.41) is 0. The van der Waals surface area contributed by atoms with Crippen LogP contribution in [-0.2, 0) is 23.9 Å². The number of fused-ring (bicyclic) bond motifs is 3. The lowest BCUT2D eigenvalue weighted by molar-refractivity contribution is -0.158. The Hall–Kier alpha value is -2.43. The zero-order valence-electron chi connectivity index (χ0n) is 16.0. The summed E-state index contributed by atoms with van der Waals surface area (Å²) >= 11 is 0. The first kappa shape index (κ1) is 19.3. The summed E-state index contributed by atoms with van der Waals surface area (Å²) in [6, 6.07) is 0. The maximum absolute atomic E-state index is 12.7. The maximum atomic E-state index is 12.7. The number of esters is 2. The number of hydrogen-bond donors (Lipinski definition) is 0. The zero-order valence-corrected chi connectivity index (χ0v) is 16.0. The molecule has 3 aliphatic carbocycles. The summed E-state index contributed by atoms with van der Waals surface area (Å²) < 4.78 is 10.3. The van der Waals surface area contributed by atoms with E-state index in [1.807, 2.05) is 30.4 Å². The lowest BCUT2D eigenvalue weighted by atomic mass is 9.81. The van der Waals surface area contributed by atoms with Crippen molar-refractivity contribution in [2.75, 3.05) is 0 Å². The number of allylic oxidation sites excluding steroid dienone is 7. The zero-order chi connectivity index (χ0) is 19.6. The van der Waals surface area contributed by atoms with Gasteiger partial charge in [-0.15, -0.1) is 0 Å². The molecule has 0 N–H and O–H groups in total. The molecule has 5 heteroatoms. The Balaban J connectivity index is 1.55. The van der Waals surface area contributed by atoms with Crippen LogP contribution in [0.5, 0.6) is 0 Å². The monoisotopic (exact) mass is 370 g/mol. The number of rotatable bonds is 6. The molecule has 5 atom stereocenters. The van der Waals surface area contributed by atoms with E-state index in [2.05, 4.69) is 12.2 Å². The average molecular weight is 370 g/mol. The number of carbonyl (C=O) groups excluding carboxylic acids is 3.